The molecule has 5 nitrogen and oxygen atoms in total. The van der Waals surface area contributed by atoms with Crippen molar-refractivity contribution in [2.45, 2.75) is 11.8 Å². The number of anilines is 1. The maximum absolute atomic E-state index is 12.4. The molecule has 0 saturated carbocycles. The quantitative estimate of drug-likeness (QED) is 0.813. The van der Waals surface area contributed by atoms with Crippen molar-refractivity contribution < 1.29 is 17.9 Å². The highest BCUT2D eigenvalue weighted by molar-refractivity contribution is 9.10. The minimum Gasteiger partial charge on any atom is -0.465 e. The molecule has 21 heavy (non-hydrogen) atoms. The Balaban J connectivity index is 2.39. The molecule has 0 atom stereocenters. The molecule has 112 valence electrons. The number of carbonyl (C=O) groups excluding carboxylic acids is 1. The van der Waals surface area contributed by atoms with E-state index in [4.69, 9.17) is 0 Å². The number of carbonyl (C=O) groups is 1. The van der Waals surface area contributed by atoms with Gasteiger partial charge in [0, 0.05) is 4.47 Å². The molecular formula is C13H12BrNO4S2. The first-order chi connectivity index (χ1) is 9.85. The van der Waals surface area contributed by atoms with Crippen LogP contribution in [0.25, 0.3) is 0 Å². The summed E-state index contributed by atoms with van der Waals surface area (Å²) in [4.78, 5) is 12.0. The Morgan fingerprint density at radius 2 is 1.90 bits per heavy atom. The van der Waals surface area contributed by atoms with Crippen LogP contribution in [0.4, 0.5) is 5.69 Å². The van der Waals surface area contributed by atoms with Crippen molar-refractivity contribution in [3.05, 3.63) is 44.6 Å². The van der Waals surface area contributed by atoms with Crippen LogP contribution in [0.5, 0.6) is 0 Å². The summed E-state index contributed by atoms with van der Waals surface area (Å²) >= 11 is 4.39. The monoisotopic (exact) mass is 389 g/mol. The van der Waals surface area contributed by atoms with Gasteiger partial charge in [-0.15, -0.1) is 11.3 Å². The van der Waals surface area contributed by atoms with Gasteiger partial charge in [-0.25, -0.2) is 13.2 Å². The van der Waals surface area contributed by atoms with E-state index in [2.05, 4.69) is 25.4 Å². The van der Waals surface area contributed by atoms with Crippen LogP contribution in [-0.4, -0.2) is 21.5 Å². The summed E-state index contributed by atoms with van der Waals surface area (Å²) in [5.41, 5.74) is 0.927. The minimum absolute atomic E-state index is 0.118. The fraction of sp³-hybridized carbons (Fsp3) is 0.154. The Bertz CT molecular complexity index is 766. The number of benzene rings is 1. The fourth-order valence-corrected chi connectivity index (χ4v) is 4.02. The highest BCUT2D eigenvalue weighted by atomic mass is 79.9. The molecule has 1 heterocycles. The number of aryl methyl sites for hydroxylation is 1. The van der Waals surface area contributed by atoms with Crippen molar-refractivity contribution in [2.75, 3.05) is 11.8 Å². The topological polar surface area (TPSA) is 72.5 Å². The lowest BCUT2D eigenvalue weighted by atomic mass is 10.3. The van der Waals surface area contributed by atoms with Crippen LogP contribution < -0.4 is 4.72 Å². The van der Waals surface area contributed by atoms with E-state index in [1.54, 1.807) is 24.4 Å². The van der Waals surface area contributed by atoms with E-state index >= 15 is 0 Å². The van der Waals surface area contributed by atoms with E-state index in [0.29, 0.717) is 5.56 Å². The summed E-state index contributed by atoms with van der Waals surface area (Å²) in [6, 6.07) is 6.23. The Hall–Kier alpha value is -1.38. The molecule has 0 radical (unpaired) electrons. The second-order valence-corrected chi connectivity index (χ2v) is 7.65. The third-order valence-corrected chi connectivity index (χ3v) is 5.68. The van der Waals surface area contributed by atoms with Crippen LogP contribution in [-0.2, 0) is 14.8 Å². The SMILES string of the molecule is COC(=O)c1scc(C)c1NS(=O)(=O)c1ccc(Br)cc1. The zero-order chi connectivity index (χ0) is 15.6. The maximum atomic E-state index is 12.4. The van der Waals surface area contributed by atoms with E-state index < -0.39 is 16.0 Å². The standard InChI is InChI=1S/C13H12BrNO4S2/c1-8-7-20-12(13(16)19-2)11(8)15-21(17,18)10-5-3-9(14)4-6-10/h3-7,15H,1-2H3. The van der Waals surface area contributed by atoms with Crippen molar-refractivity contribution in [3.63, 3.8) is 0 Å². The van der Waals surface area contributed by atoms with E-state index in [0.717, 1.165) is 15.8 Å². The smallest absolute Gasteiger partial charge is 0.350 e. The number of esters is 1. The number of halogens is 1. The highest BCUT2D eigenvalue weighted by Gasteiger charge is 2.22. The summed E-state index contributed by atoms with van der Waals surface area (Å²) < 4.78 is 32.6. The Morgan fingerprint density at radius 3 is 2.48 bits per heavy atom. The minimum atomic E-state index is -3.76. The number of nitrogens with one attached hydrogen (secondary N) is 1. The molecule has 0 fully saturated rings. The summed E-state index contributed by atoms with van der Waals surface area (Å²) in [7, 11) is -2.50. The number of hydrogen-bond acceptors (Lipinski definition) is 5. The maximum Gasteiger partial charge on any atom is 0.350 e. The van der Waals surface area contributed by atoms with Crippen LogP contribution >= 0.6 is 27.3 Å². The van der Waals surface area contributed by atoms with E-state index in [9.17, 15) is 13.2 Å². The van der Waals surface area contributed by atoms with Gasteiger partial charge in [0.1, 0.15) is 4.88 Å². The van der Waals surface area contributed by atoms with Crippen LogP contribution in [0, 0.1) is 6.92 Å². The van der Waals surface area contributed by atoms with Gasteiger partial charge in [-0.05, 0) is 42.1 Å². The highest BCUT2D eigenvalue weighted by Crippen LogP contribution is 2.30. The zero-order valence-electron chi connectivity index (χ0n) is 11.2. The average Bonchev–Trinajstić information content (AvgIpc) is 2.79. The van der Waals surface area contributed by atoms with E-state index in [1.807, 2.05) is 0 Å². The van der Waals surface area contributed by atoms with Crippen LogP contribution in [0.3, 0.4) is 0 Å². The van der Waals surface area contributed by atoms with Gasteiger partial charge in [-0.1, -0.05) is 15.9 Å². The summed E-state index contributed by atoms with van der Waals surface area (Å²) in [6.07, 6.45) is 0. The summed E-state index contributed by atoms with van der Waals surface area (Å²) in [5.74, 6) is -0.568. The molecule has 0 amide bonds. The predicted octanol–water partition coefficient (Wildman–Crippen LogP) is 3.41. The zero-order valence-corrected chi connectivity index (χ0v) is 14.4. The van der Waals surface area contributed by atoms with Crippen LogP contribution in [0.1, 0.15) is 15.2 Å². The predicted molar refractivity (Wildman–Crippen MR) is 85.3 cm³/mol. The molecule has 1 N–H and O–H groups in total. The van der Waals surface area contributed by atoms with Crippen LogP contribution in [0.15, 0.2) is 39.0 Å². The lowest BCUT2D eigenvalue weighted by Crippen LogP contribution is -2.15. The van der Waals surface area contributed by atoms with Gasteiger partial charge < -0.3 is 4.74 Å². The van der Waals surface area contributed by atoms with Crippen molar-refractivity contribution in [3.8, 4) is 0 Å². The summed E-state index contributed by atoms with van der Waals surface area (Å²) in [5, 5.41) is 1.70. The molecule has 0 aliphatic heterocycles. The normalized spacial score (nSPS) is 11.2. The van der Waals surface area contributed by atoms with Gasteiger partial charge in [-0.2, -0.15) is 0 Å². The molecule has 1 aromatic heterocycles. The lowest BCUT2D eigenvalue weighted by molar-refractivity contribution is 0.0607. The molecule has 0 saturated heterocycles. The third-order valence-electron chi connectivity index (χ3n) is 2.71. The molecule has 0 aliphatic rings. The van der Waals surface area contributed by atoms with Gasteiger partial charge >= 0.3 is 5.97 Å². The fourth-order valence-electron chi connectivity index (χ4n) is 1.62. The Morgan fingerprint density at radius 1 is 1.29 bits per heavy atom. The first kappa shape index (κ1) is 16.0. The van der Waals surface area contributed by atoms with Gasteiger partial charge in [0.25, 0.3) is 10.0 Å². The number of thiophene rings is 1. The molecule has 0 aliphatic carbocycles. The largest absolute Gasteiger partial charge is 0.465 e. The number of hydrogen-bond donors (Lipinski definition) is 1. The van der Waals surface area contributed by atoms with Gasteiger partial charge in [0.15, 0.2) is 0 Å². The number of ether oxygens (including phenoxy) is 1. The lowest BCUT2D eigenvalue weighted by Gasteiger charge is -2.09. The Labute approximate surface area is 135 Å². The molecule has 0 bridgehead atoms. The van der Waals surface area contributed by atoms with Crippen LogP contribution in [0.2, 0.25) is 0 Å². The van der Waals surface area contributed by atoms with Crippen molar-refractivity contribution in [1.29, 1.82) is 0 Å². The molecule has 8 heteroatoms. The Kier molecular flexibility index (Phi) is 4.70. The van der Waals surface area contributed by atoms with E-state index in [1.165, 1.54) is 19.2 Å². The second-order valence-electron chi connectivity index (χ2n) is 4.17. The number of rotatable bonds is 4. The molecule has 0 spiro atoms. The molecular weight excluding hydrogens is 378 g/mol. The second kappa shape index (κ2) is 6.17. The molecule has 2 rings (SSSR count). The van der Waals surface area contributed by atoms with Gasteiger partial charge in [0.05, 0.1) is 17.7 Å². The first-order valence-electron chi connectivity index (χ1n) is 5.80. The molecule has 1 aromatic carbocycles. The number of sulfonamides is 1. The van der Waals surface area contributed by atoms with Crippen molar-refractivity contribution in [1.82, 2.24) is 0 Å². The van der Waals surface area contributed by atoms with Crippen molar-refractivity contribution in [2.24, 2.45) is 0 Å². The number of methoxy groups -OCH3 is 1. The van der Waals surface area contributed by atoms with Gasteiger partial charge in [0.2, 0.25) is 0 Å². The first-order valence-corrected chi connectivity index (χ1v) is 8.95. The summed E-state index contributed by atoms with van der Waals surface area (Å²) in [6.45, 7) is 1.72. The van der Waals surface area contributed by atoms with E-state index in [-0.39, 0.29) is 15.5 Å². The third kappa shape index (κ3) is 3.45. The van der Waals surface area contributed by atoms with Crippen molar-refractivity contribution >= 4 is 48.9 Å². The molecule has 0 unspecified atom stereocenters. The average molecular weight is 390 g/mol. The van der Waals surface area contributed by atoms with Gasteiger partial charge in [-0.3, -0.25) is 4.72 Å². The molecule has 2 aromatic rings.